The third kappa shape index (κ3) is 4.47. The molecule has 1 unspecified atom stereocenters. The lowest BCUT2D eigenvalue weighted by Crippen LogP contribution is -2.10. The van der Waals surface area contributed by atoms with Crippen molar-refractivity contribution in [1.82, 2.24) is 0 Å². The van der Waals surface area contributed by atoms with E-state index < -0.39 is 0 Å². The van der Waals surface area contributed by atoms with Crippen LogP contribution < -0.4 is 0 Å². The minimum atomic E-state index is -0.246. The normalized spacial score (nSPS) is 12.4. The Morgan fingerprint density at radius 2 is 1.70 bits per heavy atom. The fourth-order valence-corrected chi connectivity index (χ4v) is 2.92. The number of benzene rings is 2. The van der Waals surface area contributed by atoms with E-state index in [4.69, 9.17) is 23.2 Å². The number of hydrogen-bond acceptors (Lipinski definition) is 0. The Morgan fingerprint density at radius 3 is 2.35 bits per heavy atom. The predicted molar refractivity (Wildman–Crippen MR) is 87.6 cm³/mol. The van der Waals surface area contributed by atoms with E-state index in [0.29, 0.717) is 10.9 Å². The molecule has 0 saturated heterocycles. The molecule has 0 fully saturated rings. The molecule has 0 heterocycles. The molecule has 0 bridgehead atoms. The molecule has 106 valence electrons. The SMILES string of the molecule is Fc1ccc(Cl)c(CC(CBr)Cc2ccc(Cl)cc2)c1. The molecule has 0 N–H and O–H groups in total. The number of alkyl halides is 1. The summed E-state index contributed by atoms with van der Waals surface area (Å²) in [6.07, 6.45) is 1.64. The van der Waals surface area contributed by atoms with Crippen LogP contribution in [0.5, 0.6) is 0 Å². The Morgan fingerprint density at radius 1 is 1.00 bits per heavy atom. The highest BCUT2D eigenvalue weighted by molar-refractivity contribution is 9.09. The van der Waals surface area contributed by atoms with Gasteiger partial charge in [0.15, 0.2) is 0 Å². The maximum absolute atomic E-state index is 13.3. The fraction of sp³-hybridized carbons (Fsp3) is 0.250. The van der Waals surface area contributed by atoms with Crippen LogP contribution in [0.15, 0.2) is 42.5 Å². The molecule has 2 rings (SSSR count). The van der Waals surface area contributed by atoms with Gasteiger partial charge >= 0.3 is 0 Å². The van der Waals surface area contributed by atoms with Gasteiger partial charge in [-0.05, 0) is 60.2 Å². The summed E-state index contributed by atoms with van der Waals surface area (Å²) in [6, 6.07) is 12.3. The van der Waals surface area contributed by atoms with E-state index in [1.807, 2.05) is 24.3 Å². The van der Waals surface area contributed by atoms with Crippen molar-refractivity contribution in [3.8, 4) is 0 Å². The Kier molecular flexibility index (Phi) is 5.88. The highest BCUT2D eigenvalue weighted by Gasteiger charge is 2.12. The molecular weight excluding hydrogens is 362 g/mol. The van der Waals surface area contributed by atoms with Crippen molar-refractivity contribution >= 4 is 39.1 Å². The minimum Gasteiger partial charge on any atom is -0.207 e. The van der Waals surface area contributed by atoms with Crippen LogP contribution in [-0.4, -0.2) is 5.33 Å². The van der Waals surface area contributed by atoms with E-state index in [1.165, 1.54) is 17.7 Å². The van der Waals surface area contributed by atoms with Gasteiger partial charge < -0.3 is 0 Å². The molecule has 2 aromatic rings. The summed E-state index contributed by atoms with van der Waals surface area (Å²) in [5.74, 6) is 0.111. The topological polar surface area (TPSA) is 0 Å². The van der Waals surface area contributed by atoms with E-state index in [-0.39, 0.29) is 5.82 Å². The molecule has 0 aliphatic rings. The summed E-state index contributed by atoms with van der Waals surface area (Å²) in [5.41, 5.74) is 2.07. The quantitative estimate of drug-likeness (QED) is 0.568. The number of halogens is 4. The summed E-state index contributed by atoms with van der Waals surface area (Å²) in [5, 5.41) is 2.19. The Labute approximate surface area is 137 Å². The van der Waals surface area contributed by atoms with Gasteiger partial charge in [0.25, 0.3) is 0 Å². The maximum atomic E-state index is 13.3. The van der Waals surface area contributed by atoms with Gasteiger partial charge in [-0.15, -0.1) is 0 Å². The molecule has 0 saturated carbocycles. The van der Waals surface area contributed by atoms with Crippen LogP contribution in [0.3, 0.4) is 0 Å². The first-order chi connectivity index (χ1) is 9.58. The van der Waals surface area contributed by atoms with Crippen molar-refractivity contribution in [3.63, 3.8) is 0 Å². The van der Waals surface area contributed by atoms with Crippen LogP contribution in [0, 0.1) is 11.7 Å². The number of rotatable bonds is 5. The third-order valence-electron chi connectivity index (χ3n) is 3.17. The second-order valence-electron chi connectivity index (χ2n) is 4.79. The molecule has 0 aliphatic heterocycles. The zero-order chi connectivity index (χ0) is 14.5. The van der Waals surface area contributed by atoms with Crippen LogP contribution >= 0.6 is 39.1 Å². The molecule has 2 aromatic carbocycles. The Hall–Kier alpha value is -0.570. The first kappa shape index (κ1) is 15.8. The molecule has 0 radical (unpaired) electrons. The number of hydrogen-bond donors (Lipinski definition) is 0. The maximum Gasteiger partial charge on any atom is 0.123 e. The van der Waals surface area contributed by atoms with Gasteiger partial charge in [-0.3, -0.25) is 0 Å². The molecule has 0 amide bonds. The zero-order valence-electron chi connectivity index (χ0n) is 10.8. The molecule has 4 heteroatoms. The van der Waals surface area contributed by atoms with Gasteiger partial charge in [-0.1, -0.05) is 51.3 Å². The van der Waals surface area contributed by atoms with Crippen LogP contribution in [0.2, 0.25) is 10.0 Å². The lowest BCUT2D eigenvalue weighted by atomic mass is 9.94. The molecule has 0 nitrogen and oxygen atoms in total. The highest BCUT2D eigenvalue weighted by atomic mass is 79.9. The second kappa shape index (κ2) is 7.44. The van der Waals surface area contributed by atoms with Gasteiger partial charge in [0.1, 0.15) is 5.82 Å². The van der Waals surface area contributed by atoms with Gasteiger partial charge in [0.05, 0.1) is 0 Å². The lowest BCUT2D eigenvalue weighted by Gasteiger charge is -2.15. The molecular formula is C16H14BrCl2F. The third-order valence-corrected chi connectivity index (χ3v) is 4.71. The monoisotopic (exact) mass is 374 g/mol. The van der Waals surface area contributed by atoms with Crippen LogP contribution in [-0.2, 0) is 12.8 Å². The van der Waals surface area contributed by atoms with Crippen molar-refractivity contribution in [2.45, 2.75) is 12.8 Å². The molecule has 0 aromatic heterocycles. The summed E-state index contributed by atoms with van der Waals surface area (Å²) in [7, 11) is 0. The van der Waals surface area contributed by atoms with E-state index in [0.717, 1.165) is 28.8 Å². The van der Waals surface area contributed by atoms with E-state index in [2.05, 4.69) is 15.9 Å². The fourth-order valence-electron chi connectivity index (χ4n) is 2.15. The summed E-state index contributed by atoms with van der Waals surface area (Å²) in [6.45, 7) is 0. The van der Waals surface area contributed by atoms with Crippen LogP contribution in [0.25, 0.3) is 0 Å². The van der Waals surface area contributed by atoms with Crippen molar-refractivity contribution in [2.75, 3.05) is 5.33 Å². The average Bonchev–Trinajstić information content (AvgIpc) is 2.44. The lowest BCUT2D eigenvalue weighted by molar-refractivity contribution is 0.582. The molecule has 0 spiro atoms. The molecule has 1 atom stereocenters. The smallest absolute Gasteiger partial charge is 0.123 e. The second-order valence-corrected chi connectivity index (χ2v) is 6.28. The average molecular weight is 376 g/mol. The standard InChI is InChI=1S/C16H14BrCl2F/c17-10-12(7-11-1-3-14(18)4-2-11)8-13-9-15(20)5-6-16(13)19/h1-6,9,12H,7-8,10H2. The Bertz CT molecular complexity index is 569. The van der Waals surface area contributed by atoms with Gasteiger partial charge in [-0.2, -0.15) is 0 Å². The summed E-state index contributed by atoms with van der Waals surface area (Å²) >= 11 is 15.5. The Balaban J connectivity index is 2.08. The minimum absolute atomic E-state index is 0.246. The first-order valence-electron chi connectivity index (χ1n) is 6.33. The highest BCUT2D eigenvalue weighted by Crippen LogP contribution is 2.24. The predicted octanol–water partition coefficient (Wildman–Crippen LogP) is 5.93. The zero-order valence-corrected chi connectivity index (χ0v) is 13.8. The molecule has 20 heavy (non-hydrogen) atoms. The van der Waals surface area contributed by atoms with Crippen molar-refractivity contribution in [3.05, 3.63) is 69.5 Å². The summed E-state index contributed by atoms with van der Waals surface area (Å²) < 4.78 is 13.3. The van der Waals surface area contributed by atoms with Crippen LogP contribution in [0.1, 0.15) is 11.1 Å². The first-order valence-corrected chi connectivity index (χ1v) is 8.20. The van der Waals surface area contributed by atoms with Gasteiger partial charge in [-0.25, -0.2) is 4.39 Å². The van der Waals surface area contributed by atoms with E-state index >= 15 is 0 Å². The molecule has 0 aliphatic carbocycles. The van der Waals surface area contributed by atoms with Gasteiger partial charge in [0.2, 0.25) is 0 Å². The largest absolute Gasteiger partial charge is 0.207 e. The van der Waals surface area contributed by atoms with Crippen molar-refractivity contribution < 1.29 is 4.39 Å². The van der Waals surface area contributed by atoms with Crippen LogP contribution in [0.4, 0.5) is 4.39 Å². The summed E-state index contributed by atoms with van der Waals surface area (Å²) in [4.78, 5) is 0. The van der Waals surface area contributed by atoms with Gasteiger partial charge in [0, 0.05) is 15.4 Å². The van der Waals surface area contributed by atoms with E-state index in [1.54, 1.807) is 6.07 Å². The van der Waals surface area contributed by atoms with Crippen molar-refractivity contribution in [2.24, 2.45) is 5.92 Å². The van der Waals surface area contributed by atoms with Crippen molar-refractivity contribution in [1.29, 1.82) is 0 Å². The van der Waals surface area contributed by atoms with E-state index in [9.17, 15) is 4.39 Å².